The lowest BCUT2D eigenvalue weighted by atomic mass is 9.99. The van der Waals surface area contributed by atoms with Crippen LogP contribution in [0, 0.1) is 0 Å². The Morgan fingerprint density at radius 2 is 1.71 bits per heavy atom. The number of carbonyl (C=O) groups is 2. The minimum absolute atomic E-state index is 0.0245. The van der Waals surface area contributed by atoms with Crippen LogP contribution in [0.4, 0.5) is 24.5 Å². The van der Waals surface area contributed by atoms with Gasteiger partial charge in [0.05, 0.1) is 0 Å². The first-order chi connectivity index (χ1) is 13.4. The summed E-state index contributed by atoms with van der Waals surface area (Å²) in [6.07, 6.45) is -0.389. The van der Waals surface area contributed by atoms with Gasteiger partial charge in [-0.05, 0) is 56.2 Å². The van der Waals surface area contributed by atoms with Crippen molar-refractivity contribution in [3.8, 4) is 0 Å². The van der Waals surface area contributed by atoms with Gasteiger partial charge >= 0.3 is 12.1 Å². The Morgan fingerprint density at radius 1 is 0.964 bits per heavy atom. The number of likely N-dealkylation sites (tertiary alicyclic amines) is 1. The number of fused-ring (bicyclic) bond motifs is 1. The Kier molecular flexibility index (Phi) is 4.97. The number of aryl methyl sites for hydroxylation is 1. The third kappa shape index (κ3) is 3.44. The highest BCUT2D eigenvalue weighted by molar-refractivity contribution is 6.01. The third-order valence-electron chi connectivity index (χ3n) is 5.97. The number of hydrogen-bond acceptors (Lipinski definition) is 3. The van der Waals surface area contributed by atoms with E-state index in [0.29, 0.717) is 17.9 Å². The molecule has 1 aromatic rings. The van der Waals surface area contributed by atoms with Crippen molar-refractivity contribution in [2.75, 3.05) is 36.0 Å². The summed E-state index contributed by atoms with van der Waals surface area (Å²) < 4.78 is 38.8. The van der Waals surface area contributed by atoms with Gasteiger partial charge in [-0.15, -0.1) is 0 Å². The standard InChI is InChI=1S/C20H24F3N3O2/c21-20(22,23)19(28)26-12-4-6-16(26)18(27)25-11-3-5-14-7-8-15(13-17(14)25)24-9-1-2-10-24/h7-8,13,16H,1-6,9-12H2. The van der Waals surface area contributed by atoms with Crippen molar-refractivity contribution < 1.29 is 22.8 Å². The first-order valence-corrected chi connectivity index (χ1v) is 9.93. The van der Waals surface area contributed by atoms with Crippen LogP contribution in [-0.2, 0) is 16.0 Å². The molecule has 1 aromatic carbocycles. The second-order valence-electron chi connectivity index (χ2n) is 7.75. The molecule has 0 N–H and O–H groups in total. The highest BCUT2D eigenvalue weighted by Crippen LogP contribution is 2.35. The monoisotopic (exact) mass is 395 g/mol. The van der Waals surface area contributed by atoms with Crippen LogP contribution in [0.3, 0.4) is 0 Å². The van der Waals surface area contributed by atoms with Crippen molar-refractivity contribution in [1.29, 1.82) is 0 Å². The van der Waals surface area contributed by atoms with Crippen molar-refractivity contribution in [2.45, 2.75) is 50.7 Å². The topological polar surface area (TPSA) is 43.9 Å². The van der Waals surface area contributed by atoms with Crippen LogP contribution >= 0.6 is 0 Å². The Bertz CT molecular complexity index is 774. The minimum Gasteiger partial charge on any atom is -0.371 e. The molecule has 0 saturated carbocycles. The predicted octanol–water partition coefficient (Wildman–Crippen LogP) is 3.12. The Balaban J connectivity index is 1.60. The van der Waals surface area contributed by atoms with Crippen LogP contribution in [0.2, 0.25) is 0 Å². The number of halogens is 3. The zero-order valence-electron chi connectivity index (χ0n) is 15.7. The molecule has 0 radical (unpaired) electrons. The third-order valence-corrected chi connectivity index (χ3v) is 5.97. The summed E-state index contributed by atoms with van der Waals surface area (Å²) in [5.74, 6) is -2.30. The van der Waals surface area contributed by atoms with Crippen LogP contribution < -0.4 is 9.80 Å². The highest BCUT2D eigenvalue weighted by Gasteiger charge is 2.48. The normalized spacial score (nSPS) is 22.5. The van der Waals surface area contributed by atoms with Gasteiger partial charge in [-0.25, -0.2) is 0 Å². The smallest absolute Gasteiger partial charge is 0.371 e. The number of benzene rings is 1. The maximum absolute atomic E-state index is 13.2. The number of amides is 2. The summed E-state index contributed by atoms with van der Waals surface area (Å²) in [5.41, 5.74) is 2.87. The molecule has 0 spiro atoms. The molecule has 0 aromatic heterocycles. The molecule has 2 saturated heterocycles. The molecule has 0 aliphatic carbocycles. The lowest BCUT2D eigenvalue weighted by molar-refractivity contribution is -0.186. The van der Waals surface area contributed by atoms with E-state index in [1.165, 1.54) is 0 Å². The fraction of sp³-hybridized carbons (Fsp3) is 0.600. The predicted molar refractivity (Wildman–Crippen MR) is 99.4 cm³/mol. The van der Waals surface area contributed by atoms with E-state index in [4.69, 9.17) is 0 Å². The fourth-order valence-electron chi connectivity index (χ4n) is 4.57. The molecular formula is C20H24F3N3O2. The van der Waals surface area contributed by atoms with Gasteiger partial charge < -0.3 is 14.7 Å². The maximum atomic E-state index is 13.2. The Labute approximate surface area is 162 Å². The van der Waals surface area contributed by atoms with Gasteiger partial charge in [0.2, 0.25) is 5.91 Å². The van der Waals surface area contributed by atoms with Crippen LogP contribution in [0.5, 0.6) is 0 Å². The first-order valence-electron chi connectivity index (χ1n) is 9.93. The average Bonchev–Trinajstić information content (AvgIpc) is 3.37. The molecule has 3 aliphatic rings. The summed E-state index contributed by atoms with van der Waals surface area (Å²) in [5, 5.41) is 0. The summed E-state index contributed by atoms with van der Waals surface area (Å²) in [4.78, 5) is 29.5. The zero-order valence-corrected chi connectivity index (χ0v) is 15.7. The number of carbonyl (C=O) groups excluding carboxylic acids is 2. The summed E-state index contributed by atoms with van der Waals surface area (Å²) in [6.45, 7) is 2.40. The van der Waals surface area contributed by atoms with Crippen molar-refractivity contribution in [1.82, 2.24) is 4.90 Å². The molecule has 28 heavy (non-hydrogen) atoms. The van der Waals surface area contributed by atoms with Gasteiger partial charge in [0.15, 0.2) is 0 Å². The summed E-state index contributed by atoms with van der Waals surface area (Å²) >= 11 is 0. The lowest BCUT2D eigenvalue weighted by Gasteiger charge is -2.35. The van der Waals surface area contributed by atoms with Crippen molar-refractivity contribution >= 4 is 23.2 Å². The van der Waals surface area contributed by atoms with E-state index in [-0.39, 0.29) is 13.0 Å². The van der Waals surface area contributed by atoms with Gasteiger partial charge in [-0.2, -0.15) is 13.2 Å². The van der Waals surface area contributed by atoms with E-state index in [9.17, 15) is 22.8 Å². The maximum Gasteiger partial charge on any atom is 0.471 e. The largest absolute Gasteiger partial charge is 0.471 e. The molecule has 1 atom stereocenters. The molecule has 2 fully saturated rings. The molecule has 152 valence electrons. The van der Waals surface area contributed by atoms with Crippen molar-refractivity contribution in [3.05, 3.63) is 23.8 Å². The molecule has 2 amide bonds. The number of hydrogen-bond donors (Lipinski definition) is 0. The highest BCUT2D eigenvalue weighted by atomic mass is 19.4. The molecule has 3 heterocycles. The second kappa shape index (κ2) is 7.29. The van der Waals surface area contributed by atoms with Gasteiger partial charge in [0.1, 0.15) is 6.04 Å². The van der Waals surface area contributed by atoms with Gasteiger partial charge in [0, 0.05) is 37.6 Å². The SMILES string of the molecule is O=C(C1CCCN1C(=O)C(F)(F)F)N1CCCc2ccc(N3CCCC3)cc21. The van der Waals surface area contributed by atoms with Crippen LogP contribution in [0.15, 0.2) is 18.2 Å². The molecule has 4 rings (SSSR count). The molecule has 3 aliphatic heterocycles. The molecule has 0 bridgehead atoms. The van der Waals surface area contributed by atoms with Crippen LogP contribution in [0.25, 0.3) is 0 Å². The van der Waals surface area contributed by atoms with Crippen molar-refractivity contribution in [3.63, 3.8) is 0 Å². The van der Waals surface area contributed by atoms with E-state index in [2.05, 4.69) is 11.0 Å². The summed E-state index contributed by atoms with van der Waals surface area (Å²) in [6, 6.07) is 5.04. The van der Waals surface area contributed by atoms with E-state index in [0.717, 1.165) is 55.7 Å². The molecule has 8 heteroatoms. The van der Waals surface area contributed by atoms with Crippen LogP contribution in [0.1, 0.15) is 37.7 Å². The van der Waals surface area contributed by atoms with Gasteiger partial charge in [-0.3, -0.25) is 9.59 Å². The van der Waals surface area contributed by atoms with E-state index in [1.807, 2.05) is 12.1 Å². The number of rotatable bonds is 2. The molecule has 1 unspecified atom stereocenters. The molecule has 5 nitrogen and oxygen atoms in total. The van der Waals surface area contributed by atoms with E-state index in [1.54, 1.807) is 4.90 Å². The van der Waals surface area contributed by atoms with Crippen LogP contribution in [-0.4, -0.2) is 55.1 Å². The van der Waals surface area contributed by atoms with Gasteiger partial charge in [0.25, 0.3) is 0 Å². The van der Waals surface area contributed by atoms with Gasteiger partial charge in [-0.1, -0.05) is 6.07 Å². The average molecular weight is 395 g/mol. The lowest BCUT2D eigenvalue weighted by Crippen LogP contribution is -2.52. The number of alkyl halides is 3. The summed E-state index contributed by atoms with van der Waals surface area (Å²) in [7, 11) is 0. The minimum atomic E-state index is -4.95. The quantitative estimate of drug-likeness (QED) is 0.773. The Morgan fingerprint density at radius 3 is 2.43 bits per heavy atom. The van der Waals surface area contributed by atoms with Crippen molar-refractivity contribution in [2.24, 2.45) is 0 Å². The molecular weight excluding hydrogens is 371 g/mol. The fourth-order valence-corrected chi connectivity index (χ4v) is 4.57. The first kappa shape index (κ1) is 19.1. The number of anilines is 2. The number of nitrogens with zero attached hydrogens (tertiary/aromatic N) is 3. The zero-order chi connectivity index (χ0) is 19.9. The second-order valence-corrected chi connectivity index (χ2v) is 7.75. The van der Waals surface area contributed by atoms with E-state index >= 15 is 0 Å². The van der Waals surface area contributed by atoms with E-state index < -0.39 is 24.0 Å². The Hall–Kier alpha value is -2.25.